The molecule has 5 heteroatoms. The summed E-state index contributed by atoms with van der Waals surface area (Å²) in [6.07, 6.45) is 6.88. The van der Waals surface area contributed by atoms with Crippen molar-refractivity contribution >= 4 is 16.8 Å². The maximum atomic E-state index is 11.9. The van der Waals surface area contributed by atoms with Gasteiger partial charge in [-0.3, -0.25) is 9.48 Å². The highest BCUT2D eigenvalue weighted by Gasteiger charge is 2.07. The molecule has 0 atom stereocenters. The fourth-order valence-electron chi connectivity index (χ4n) is 2.44. The second-order valence-corrected chi connectivity index (χ2v) is 5.16. The molecule has 108 valence electrons. The van der Waals surface area contributed by atoms with Crippen LogP contribution in [-0.4, -0.2) is 20.7 Å². The van der Waals surface area contributed by atoms with Crippen molar-refractivity contribution in [3.05, 3.63) is 54.0 Å². The van der Waals surface area contributed by atoms with Crippen molar-refractivity contribution in [3.63, 3.8) is 0 Å². The second-order valence-electron chi connectivity index (χ2n) is 5.16. The highest BCUT2D eigenvalue weighted by atomic mass is 16.1. The first-order valence-electron chi connectivity index (χ1n) is 7.01. The topological polar surface area (TPSA) is 62.7 Å². The van der Waals surface area contributed by atoms with Gasteiger partial charge in [0, 0.05) is 48.9 Å². The normalized spacial score (nSPS) is 10.9. The van der Waals surface area contributed by atoms with Gasteiger partial charge >= 0.3 is 0 Å². The lowest BCUT2D eigenvalue weighted by molar-refractivity contribution is -0.121. The van der Waals surface area contributed by atoms with Crippen LogP contribution in [0.3, 0.4) is 0 Å². The van der Waals surface area contributed by atoms with Crippen LogP contribution in [-0.2, 0) is 24.8 Å². The molecule has 5 nitrogen and oxygen atoms in total. The molecule has 21 heavy (non-hydrogen) atoms. The van der Waals surface area contributed by atoms with Crippen molar-refractivity contribution in [3.8, 4) is 0 Å². The van der Waals surface area contributed by atoms with E-state index in [1.54, 1.807) is 10.9 Å². The molecule has 0 bridgehead atoms. The monoisotopic (exact) mass is 282 g/mol. The van der Waals surface area contributed by atoms with Crippen LogP contribution in [0.5, 0.6) is 0 Å². The number of H-pyrrole nitrogens is 1. The number of aromatic nitrogens is 3. The molecule has 0 aliphatic rings. The molecule has 0 fully saturated rings. The number of amides is 1. The summed E-state index contributed by atoms with van der Waals surface area (Å²) in [6, 6.07) is 8.14. The van der Waals surface area contributed by atoms with Crippen LogP contribution < -0.4 is 5.32 Å². The Bertz CT molecular complexity index is 756. The van der Waals surface area contributed by atoms with Gasteiger partial charge in [0.25, 0.3) is 0 Å². The van der Waals surface area contributed by atoms with E-state index >= 15 is 0 Å². The number of hydrogen-bond acceptors (Lipinski definition) is 2. The third-order valence-electron chi connectivity index (χ3n) is 3.54. The number of hydrogen-bond donors (Lipinski definition) is 2. The summed E-state index contributed by atoms with van der Waals surface area (Å²) in [7, 11) is 1.86. The Balaban J connectivity index is 1.54. The average Bonchev–Trinajstić information content (AvgIpc) is 3.09. The first-order chi connectivity index (χ1) is 10.2. The van der Waals surface area contributed by atoms with Crippen LogP contribution in [0.4, 0.5) is 0 Å². The summed E-state index contributed by atoms with van der Waals surface area (Å²) in [6.45, 7) is 0.528. The van der Waals surface area contributed by atoms with E-state index in [0.29, 0.717) is 13.0 Å². The van der Waals surface area contributed by atoms with Crippen LogP contribution in [0.2, 0.25) is 0 Å². The Morgan fingerprint density at radius 2 is 2.24 bits per heavy atom. The fourth-order valence-corrected chi connectivity index (χ4v) is 2.44. The summed E-state index contributed by atoms with van der Waals surface area (Å²) < 4.78 is 1.73. The summed E-state index contributed by atoms with van der Waals surface area (Å²) in [5.41, 5.74) is 3.31. The molecule has 2 aromatic heterocycles. The molecule has 0 radical (unpaired) electrons. The molecule has 0 aliphatic heterocycles. The minimum atomic E-state index is 0.0594. The van der Waals surface area contributed by atoms with Crippen molar-refractivity contribution in [2.24, 2.45) is 7.05 Å². The van der Waals surface area contributed by atoms with Gasteiger partial charge in [-0.1, -0.05) is 18.2 Å². The predicted molar refractivity (Wildman–Crippen MR) is 81.7 cm³/mol. The number of nitrogens with zero attached hydrogens (tertiary/aromatic N) is 2. The SMILES string of the molecule is Cn1cc(CNC(=O)CCc2c[nH]c3ccccc23)cn1. The van der Waals surface area contributed by atoms with Gasteiger partial charge in [-0.15, -0.1) is 0 Å². The van der Waals surface area contributed by atoms with Crippen molar-refractivity contribution < 1.29 is 4.79 Å². The number of nitrogens with one attached hydrogen (secondary N) is 2. The van der Waals surface area contributed by atoms with E-state index < -0.39 is 0 Å². The van der Waals surface area contributed by atoms with E-state index in [9.17, 15) is 4.79 Å². The quantitative estimate of drug-likeness (QED) is 0.753. The minimum absolute atomic E-state index is 0.0594. The summed E-state index contributed by atoms with van der Waals surface area (Å²) in [5.74, 6) is 0.0594. The Morgan fingerprint density at radius 1 is 1.38 bits per heavy atom. The highest BCUT2D eigenvalue weighted by molar-refractivity contribution is 5.84. The molecule has 0 saturated heterocycles. The van der Waals surface area contributed by atoms with Gasteiger partial charge in [0.1, 0.15) is 0 Å². The Morgan fingerprint density at radius 3 is 3.05 bits per heavy atom. The second kappa shape index (κ2) is 5.83. The van der Waals surface area contributed by atoms with Crippen LogP contribution in [0.1, 0.15) is 17.5 Å². The average molecular weight is 282 g/mol. The molecule has 2 heterocycles. The van der Waals surface area contributed by atoms with Crippen LogP contribution in [0.15, 0.2) is 42.9 Å². The third-order valence-corrected chi connectivity index (χ3v) is 3.54. The molecular weight excluding hydrogens is 264 g/mol. The standard InChI is InChI=1S/C16H18N4O/c1-20-11-12(9-19-20)8-18-16(21)7-6-13-10-17-15-5-3-2-4-14(13)15/h2-5,9-11,17H,6-8H2,1H3,(H,18,21). The van der Waals surface area contributed by atoms with Crippen molar-refractivity contribution in [1.82, 2.24) is 20.1 Å². The van der Waals surface area contributed by atoms with Gasteiger partial charge in [0.2, 0.25) is 5.91 Å². The van der Waals surface area contributed by atoms with E-state index in [2.05, 4.69) is 21.5 Å². The van der Waals surface area contributed by atoms with E-state index in [1.807, 2.05) is 37.6 Å². The van der Waals surface area contributed by atoms with Gasteiger partial charge in [-0.05, 0) is 18.1 Å². The highest BCUT2D eigenvalue weighted by Crippen LogP contribution is 2.18. The fraction of sp³-hybridized carbons (Fsp3) is 0.250. The largest absolute Gasteiger partial charge is 0.361 e. The number of aromatic amines is 1. The van der Waals surface area contributed by atoms with Crippen molar-refractivity contribution in [2.75, 3.05) is 0 Å². The first kappa shape index (κ1) is 13.4. The number of fused-ring (bicyclic) bond motifs is 1. The maximum absolute atomic E-state index is 11.9. The predicted octanol–water partition coefficient (Wildman–Crippen LogP) is 2.15. The lowest BCUT2D eigenvalue weighted by Gasteiger charge is -2.03. The number of carbonyl (C=O) groups is 1. The summed E-state index contributed by atoms with van der Waals surface area (Å²) in [4.78, 5) is 15.1. The van der Waals surface area contributed by atoms with Gasteiger partial charge < -0.3 is 10.3 Å². The Kier molecular flexibility index (Phi) is 3.73. The van der Waals surface area contributed by atoms with Crippen molar-refractivity contribution in [1.29, 1.82) is 0 Å². The molecular formula is C16H18N4O. The number of rotatable bonds is 5. The Hall–Kier alpha value is -2.56. The van der Waals surface area contributed by atoms with Crippen LogP contribution in [0.25, 0.3) is 10.9 Å². The number of aryl methyl sites for hydroxylation is 2. The molecule has 0 unspecified atom stereocenters. The van der Waals surface area contributed by atoms with E-state index in [1.165, 1.54) is 10.9 Å². The molecule has 0 spiro atoms. The number of para-hydroxylation sites is 1. The van der Waals surface area contributed by atoms with E-state index in [-0.39, 0.29) is 5.91 Å². The van der Waals surface area contributed by atoms with Crippen molar-refractivity contribution in [2.45, 2.75) is 19.4 Å². The van der Waals surface area contributed by atoms with Gasteiger partial charge in [-0.2, -0.15) is 5.10 Å². The summed E-state index contributed by atoms with van der Waals surface area (Å²) >= 11 is 0. The van der Waals surface area contributed by atoms with Gasteiger partial charge in [0.05, 0.1) is 6.20 Å². The molecule has 0 saturated carbocycles. The minimum Gasteiger partial charge on any atom is -0.361 e. The smallest absolute Gasteiger partial charge is 0.220 e. The van der Waals surface area contributed by atoms with Gasteiger partial charge in [-0.25, -0.2) is 0 Å². The van der Waals surface area contributed by atoms with E-state index in [4.69, 9.17) is 0 Å². The molecule has 1 aromatic carbocycles. The zero-order valence-electron chi connectivity index (χ0n) is 12.0. The number of benzene rings is 1. The van der Waals surface area contributed by atoms with Gasteiger partial charge in [0.15, 0.2) is 0 Å². The summed E-state index contributed by atoms with van der Waals surface area (Å²) in [5, 5.41) is 8.19. The van der Waals surface area contributed by atoms with E-state index in [0.717, 1.165) is 17.5 Å². The molecule has 1 amide bonds. The number of carbonyl (C=O) groups excluding carboxylic acids is 1. The molecule has 3 aromatic rings. The first-order valence-corrected chi connectivity index (χ1v) is 7.01. The molecule has 3 rings (SSSR count). The molecule has 2 N–H and O–H groups in total. The maximum Gasteiger partial charge on any atom is 0.220 e. The third kappa shape index (κ3) is 3.13. The van der Waals surface area contributed by atoms with Crippen LogP contribution >= 0.6 is 0 Å². The lowest BCUT2D eigenvalue weighted by atomic mass is 10.1. The zero-order chi connectivity index (χ0) is 14.7. The Labute approximate surface area is 123 Å². The molecule has 0 aliphatic carbocycles. The van der Waals surface area contributed by atoms with Crippen LogP contribution in [0, 0.1) is 0 Å². The zero-order valence-corrected chi connectivity index (χ0v) is 12.0. The lowest BCUT2D eigenvalue weighted by Crippen LogP contribution is -2.22.